The average molecular weight is 253 g/mol. The van der Waals surface area contributed by atoms with Crippen LogP contribution in [-0.2, 0) is 4.74 Å². The van der Waals surface area contributed by atoms with Crippen molar-refractivity contribution in [2.45, 2.75) is 18.9 Å². The van der Waals surface area contributed by atoms with Gasteiger partial charge in [0.05, 0.1) is 29.5 Å². The summed E-state index contributed by atoms with van der Waals surface area (Å²) in [7, 11) is 0. The van der Waals surface area contributed by atoms with Gasteiger partial charge in [0, 0.05) is 18.9 Å². The van der Waals surface area contributed by atoms with Crippen molar-refractivity contribution in [2.75, 3.05) is 18.9 Å². The topological polar surface area (TPSA) is 68.3 Å². The molecule has 0 bridgehead atoms. The largest absolute Gasteiger partial charge is 0.488 e. The number of hydrogen-bond acceptors (Lipinski definition) is 4. The number of halogens is 1. The van der Waals surface area contributed by atoms with E-state index in [2.05, 4.69) is 0 Å². The molecule has 0 amide bonds. The van der Waals surface area contributed by atoms with Gasteiger partial charge in [-0.15, -0.1) is 0 Å². The van der Waals surface area contributed by atoms with E-state index in [1.807, 2.05) is 6.07 Å². The smallest absolute Gasteiger partial charge is 0.144 e. The second-order valence-corrected chi connectivity index (χ2v) is 4.32. The lowest BCUT2D eigenvalue weighted by molar-refractivity contribution is 0.0259. The molecule has 17 heavy (non-hydrogen) atoms. The average Bonchev–Trinajstić information content (AvgIpc) is 2.34. The first kappa shape index (κ1) is 12.0. The Morgan fingerprint density at radius 2 is 2.12 bits per heavy atom. The molecule has 1 aromatic carbocycles. The summed E-state index contributed by atoms with van der Waals surface area (Å²) in [4.78, 5) is 0. The molecule has 5 heteroatoms. The van der Waals surface area contributed by atoms with Crippen molar-refractivity contribution in [3.8, 4) is 11.8 Å². The Morgan fingerprint density at radius 1 is 1.41 bits per heavy atom. The fourth-order valence-corrected chi connectivity index (χ4v) is 1.93. The van der Waals surface area contributed by atoms with Gasteiger partial charge in [-0.25, -0.2) is 0 Å². The van der Waals surface area contributed by atoms with Crippen molar-refractivity contribution in [3.63, 3.8) is 0 Å². The van der Waals surface area contributed by atoms with Gasteiger partial charge in [-0.1, -0.05) is 11.6 Å². The summed E-state index contributed by atoms with van der Waals surface area (Å²) in [5, 5.41) is 9.17. The molecule has 0 spiro atoms. The summed E-state index contributed by atoms with van der Waals surface area (Å²) in [6.45, 7) is 1.41. The third-order valence-electron chi connectivity index (χ3n) is 2.68. The lowest BCUT2D eigenvalue weighted by atomic mass is 10.1. The van der Waals surface area contributed by atoms with Crippen LogP contribution >= 0.6 is 11.6 Å². The number of nitrogens with two attached hydrogens (primary N) is 1. The van der Waals surface area contributed by atoms with Crippen LogP contribution in [-0.4, -0.2) is 19.3 Å². The van der Waals surface area contributed by atoms with Gasteiger partial charge in [-0.05, 0) is 6.07 Å². The fraction of sp³-hybridized carbons (Fsp3) is 0.417. The molecule has 0 unspecified atom stereocenters. The highest BCUT2D eigenvalue weighted by molar-refractivity contribution is 6.32. The molecule has 1 aromatic rings. The van der Waals surface area contributed by atoms with Crippen molar-refractivity contribution in [2.24, 2.45) is 0 Å². The van der Waals surface area contributed by atoms with Gasteiger partial charge in [0.1, 0.15) is 17.9 Å². The van der Waals surface area contributed by atoms with Crippen molar-refractivity contribution in [1.29, 1.82) is 5.26 Å². The molecule has 0 saturated carbocycles. The standard InChI is InChI=1S/C12H13ClN2O2/c13-10-6-12(11(15)5-8(10)7-14)17-9-1-3-16-4-2-9/h5-6,9H,1-4,15H2. The summed E-state index contributed by atoms with van der Waals surface area (Å²) in [5.74, 6) is 0.543. The number of benzene rings is 1. The van der Waals surface area contributed by atoms with Crippen LogP contribution in [0.3, 0.4) is 0 Å². The van der Waals surface area contributed by atoms with Crippen LogP contribution in [0, 0.1) is 11.3 Å². The third kappa shape index (κ3) is 2.82. The van der Waals surface area contributed by atoms with Gasteiger partial charge in [0.25, 0.3) is 0 Å². The number of anilines is 1. The summed E-state index contributed by atoms with van der Waals surface area (Å²) in [6, 6.07) is 5.12. The van der Waals surface area contributed by atoms with E-state index in [1.165, 1.54) is 6.07 Å². The quantitative estimate of drug-likeness (QED) is 0.821. The van der Waals surface area contributed by atoms with Crippen LogP contribution in [0.2, 0.25) is 5.02 Å². The second-order valence-electron chi connectivity index (χ2n) is 3.91. The van der Waals surface area contributed by atoms with E-state index in [0.717, 1.165) is 12.8 Å². The van der Waals surface area contributed by atoms with E-state index in [1.54, 1.807) is 6.07 Å². The maximum Gasteiger partial charge on any atom is 0.144 e. The van der Waals surface area contributed by atoms with Crippen molar-refractivity contribution in [1.82, 2.24) is 0 Å². The monoisotopic (exact) mass is 252 g/mol. The summed E-state index contributed by atoms with van der Waals surface area (Å²) >= 11 is 5.94. The maximum atomic E-state index is 8.81. The number of ether oxygens (including phenoxy) is 2. The SMILES string of the molecule is N#Cc1cc(N)c(OC2CCOCC2)cc1Cl. The molecule has 0 radical (unpaired) electrons. The highest BCUT2D eigenvalue weighted by Gasteiger charge is 2.17. The van der Waals surface area contributed by atoms with Crippen molar-refractivity contribution in [3.05, 3.63) is 22.7 Å². The molecule has 1 fully saturated rings. The molecule has 1 aliphatic heterocycles. The van der Waals surface area contributed by atoms with Crippen molar-refractivity contribution >= 4 is 17.3 Å². The minimum atomic E-state index is 0.107. The molecule has 0 atom stereocenters. The fourth-order valence-electron chi connectivity index (χ4n) is 1.73. The van der Waals surface area contributed by atoms with Crippen LogP contribution in [0.25, 0.3) is 0 Å². The first-order valence-electron chi connectivity index (χ1n) is 5.44. The Hall–Kier alpha value is -1.44. The molecule has 4 nitrogen and oxygen atoms in total. The van der Waals surface area contributed by atoms with E-state index in [-0.39, 0.29) is 6.10 Å². The third-order valence-corrected chi connectivity index (χ3v) is 2.99. The molecule has 2 rings (SSSR count). The lowest BCUT2D eigenvalue weighted by Gasteiger charge is -2.24. The van der Waals surface area contributed by atoms with E-state index in [4.69, 9.17) is 32.1 Å². The molecule has 1 saturated heterocycles. The van der Waals surface area contributed by atoms with Crippen molar-refractivity contribution < 1.29 is 9.47 Å². The lowest BCUT2D eigenvalue weighted by Crippen LogP contribution is -2.26. The second kappa shape index (κ2) is 5.26. The Morgan fingerprint density at radius 3 is 2.76 bits per heavy atom. The van der Waals surface area contributed by atoms with Gasteiger partial charge in [0.15, 0.2) is 0 Å². The predicted molar refractivity (Wildman–Crippen MR) is 65.0 cm³/mol. The molecule has 2 N–H and O–H groups in total. The van der Waals surface area contributed by atoms with E-state index in [0.29, 0.717) is 35.2 Å². The van der Waals surface area contributed by atoms with Gasteiger partial charge in [-0.3, -0.25) is 0 Å². The minimum Gasteiger partial charge on any atom is -0.488 e. The molecule has 90 valence electrons. The van der Waals surface area contributed by atoms with Gasteiger partial charge in [-0.2, -0.15) is 5.26 Å². The number of nitriles is 1. The summed E-state index contributed by atoms with van der Waals surface area (Å²) in [5.41, 5.74) is 6.62. The minimum absolute atomic E-state index is 0.107. The number of hydrogen-bond donors (Lipinski definition) is 1. The highest BCUT2D eigenvalue weighted by atomic mass is 35.5. The molecular formula is C12H13ClN2O2. The van der Waals surface area contributed by atoms with Crippen LogP contribution in [0.15, 0.2) is 12.1 Å². The number of nitrogens with zero attached hydrogens (tertiary/aromatic N) is 1. The number of rotatable bonds is 2. The molecule has 1 heterocycles. The molecule has 0 aromatic heterocycles. The number of nitrogen functional groups attached to an aromatic ring is 1. The Balaban J connectivity index is 2.15. The summed E-state index contributed by atoms with van der Waals surface area (Å²) in [6.07, 6.45) is 1.80. The Kier molecular flexibility index (Phi) is 3.72. The summed E-state index contributed by atoms with van der Waals surface area (Å²) < 4.78 is 11.0. The maximum absolute atomic E-state index is 8.81. The van der Waals surface area contributed by atoms with E-state index in [9.17, 15) is 0 Å². The first-order valence-corrected chi connectivity index (χ1v) is 5.82. The normalized spacial score (nSPS) is 16.5. The van der Waals surface area contributed by atoms with Gasteiger partial charge < -0.3 is 15.2 Å². The van der Waals surface area contributed by atoms with E-state index >= 15 is 0 Å². The zero-order valence-corrected chi connectivity index (χ0v) is 10.0. The Bertz CT molecular complexity index is 451. The van der Waals surface area contributed by atoms with Crippen LogP contribution < -0.4 is 10.5 Å². The highest BCUT2D eigenvalue weighted by Crippen LogP contribution is 2.30. The zero-order valence-electron chi connectivity index (χ0n) is 9.28. The molecule has 0 aliphatic carbocycles. The van der Waals surface area contributed by atoms with Crippen LogP contribution in [0.5, 0.6) is 5.75 Å². The molecular weight excluding hydrogens is 240 g/mol. The Labute approximate surface area is 105 Å². The predicted octanol–water partition coefficient (Wildman–Crippen LogP) is 2.35. The van der Waals surface area contributed by atoms with Crippen LogP contribution in [0.1, 0.15) is 18.4 Å². The van der Waals surface area contributed by atoms with Crippen LogP contribution in [0.4, 0.5) is 5.69 Å². The zero-order chi connectivity index (χ0) is 12.3. The first-order chi connectivity index (χ1) is 8.20. The molecule has 1 aliphatic rings. The van der Waals surface area contributed by atoms with Gasteiger partial charge in [0.2, 0.25) is 0 Å². The van der Waals surface area contributed by atoms with E-state index < -0.39 is 0 Å². The van der Waals surface area contributed by atoms with Gasteiger partial charge >= 0.3 is 0 Å².